The summed E-state index contributed by atoms with van der Waals surface area (Å²) in [5, 5.41) is 3.04. The molecule has 28 heavy (non-hydrogen) atoms. The van der Waals surface area contributed by atoms with Crippen LogP contribution in [0.4, 0.5) is 0 Å². The van der Waals surface area contributed by atoms with Crippen molar-refractivity contribution in [3.63, 3.8) is 0 Å². The predicted octanol–water partition coefficient (Wildman–Crippen LogP) is 4.19. The second-order valence-corrected chi connectivity index (χ2v) is 7.05. The maximum Gasteiger partial charge on any atom is 0.224 e. The Balaban J connectivity index is 0.00000364. The van der Waals surface area contributed by atoms with Crippen molar-refractivity contribution in [3.8, 4) is 0 Å². The Kier molecular flexibility index (Phi) is 12.8. The molecule has 0 fully saturated rings. The number of benzene rings is 2. The standard InChI is InChI=1S/C22H31N3O.2ClH/c1-17(25(3)16-19-10-6-4-7-11-19)14-15-24-22(26)18(2)21(23)20-12-8-5-9-13-20;;/h4-13,17-18,21H,14-16,23H2,1-3H3,(H,24,26);2*1H. The zero-order chi connectivity index (χ0) is 18.9. The molecular formula is C22H33Cl2N3O. The molecule has 0 aliphatic heterocycles. The van der Waals surface area contributed by atoms with E-state index < -0.39 is 0 Å². The Morgan fingerprint density at radius 3 is 2.11 bits per heavy atom. The van der Waals surface area contributed by atoms with E-state index in [4.69, 9.17) is 5.73 Å². The van der Waals surface area contributed by atoms with Crippen molar-refractivity contribution in [1.82, 2.24) is 10.2 Å². The zero-order valence-electron chi connectivity index (χ0n) is 16.9. The van der Waals surface area contributed by atoms with E-state index in [0.717, 1.165) is 18.5 Å². The number of carbonyl (C=O) groups excluding carboxylic acids is 1. The first-order valence-corrected chi connectivity index (χ1v) is 9.31. The van der Waals surface area contributed by atoms with Crippen LogP contribution in [0, 0.1) is 5.92 Å². The molecule has 0 bridgehead atoms. The van der Waals surface area contributed by atoms with Crippen molar-refractivity contribution in [2.24, 2.45) is 11.7 Å². The molecule has 2 aromatic rings. The third-order valence-electron chi connectivity index (χ3n) is 5.03. The third kappa shape index (κ3) is 8.19. The topological polar surface area (TPSA) is 58.4 Å². The van der Waals surface area contributed by atoms with Gasteiger partial charge in [-0.15, -0.1) is 24.8 Å². The molecular weight excluding hydrogens is 393 g/mol. The SMILES string of the molecule is CC(C(=O)NCCC(C)N(C)Cc1ccccc1)C(N)c1ccccc1.Cl.Cl. The highest BCUT2D eigenvalue weighted by atomic mass is 35.5. The number of rotatable bonds is 9. The molecule has 6 heteroatoms. The van der Waals surface area contributed by atoms with E-state index >= 15 is 0 Å². The zero-order valence-corrected chi connectivity index (χ0v) is 18.5. The molecule has 156 valence electrons. The van der Waals surface area contributed by atoms with E-state index in [0.29, 0.717) is 12.6 Å². The number of nitrogens with one attached hydrogen (secondary N) is 1. The molecule has 1 amide bonds. The fourth-order valence-corrected chi connectivity index (χ4v) is 2.94. The highest BCUT2D eigenvalue weighted by molar-refractivity contribution is 5.85. The van der Waals surface area contributed by atoms with Crippen molar-refractivity contribution in [2.45, 2.75) is 38.9 Å². The quantitative estimate of drug-likeness (QED) is 0.632. The lowest BCUT2D eigenvalue weighted by molar-refractivity contribution is -0.125. The third-order valence-corrected chi connectivity index (χ3v) is 5.03. The summed E-state index contributed by atoms with van der Waals surface area (Å²) in [6.45, 7) is 5.64. The van der Waals surface area contributed by atoms with Crippen LogP contribution in [0.5, 0.6) is 0 Å². The second-order valence-electron chi connectivity index (χ2n) is 7.05. The minimum absolute atomic E-state index is 0. The van der Waals surface area contributed by atoms with Crippen LogP contribution in [-0.4, -0.2) is 30.4 Å². The highest BCUT2D eigenvalue weighted by Gasteiger charge is 2.22. The summed E-state index contributed by atoms with van der Waals surface area (Å²) in [6, 6.07) is 20.3. The summed E-state index contributed by atoms with van der Waals surface area (Å²) in [7, 11) is 2.12. The number of nitrogens with zero attached hydrogens (tertiary/aromatic N) is 1. The van der Waals surface area contributed by atoms with Crippen molar-refractivity contribution >= 4 is 30.7 Å². The van der Waals surface area contributed by atoms with Gasteiger partial charge < -0.3 is 11.1 Å². The van der Waals surface area contributed by atoms with Gasteiger partial charge in [0, 0.05) is 25.2 Å². The molecule has 2 rings (SSSR count). The number of halogens is 2. The molecule has 3 N–H and O–H groups in total. The lowest BCUT2D eigenvalue weighted by Crippen LogP contribution is -2.38. The summed E-state index contributed by atoms with van der Waals surface area (Å²) >= 11 is 0. The largest absolute Gasteiger partial charge is 0.356 e. The first-order valence-electron chi connectivity index (χ1n) is 9.31. The minimum Gasteiger partial charge on any atom is -0.356 e. The van der Waals surface area contributed by atoms with Crippen LogP contribution in [0.3, 0.4) is 0 Å². The van der Waals surface area contributed by atoms with Crippen molar-refractivity contribution in [2.75, 3.05) is 13.6 Å². The molecule has 0 aliphatic carbocycles. The number of nitrogens with two attached hydrogens (primary N) is 1. The van der Waals surface area contributed by atoms with Crippen LogP contribution in [0.15, 0.2) is 60.7 Å². The van der Waals surface area contributed by atoms with Crippen LogP contribution in [0.25, 0.3) is 0 Å². The van der Waals surface area contributed by atoms with Gasteiger partial charge in [-0.2, -0.15) is 0 Å². The molecule has 0 aliphatic rings. The minimum atomic E-state index is -0.283. The van der Waals surface area contributed by atoms with Crippen molar-refractivity contribution in [3.05, 3.63) is 71.8 Å². The molecule has 2 aromatic carbocycles. The van der Waals surface area contributed by atoms with E-state index in [2.05, 4.69) is 48.5 Å². The van der Waals surface area contributed by atoms with Gasteiger partial charge in [0.25, 0.3) is 0 Å². The fraction of sp³-hybridized carbons (Fsp3) is 0.409. The van der Waals surface area contributed by atoms with E-state index in [-0.39, 0.29) is 42.7 Å². The molecule has 0 saturated carbocycles. The van der Waals surface area contributed by atoms with Gasteiger partial charge in [-0.25, -0.2) is 0 Å². The summed E-state index contributed by atoms with van der Waals surface area (Å²) in [4.78, 5) is 14.7. The Labute approximate surface area is 181 Å². The fourth-order valence-electron chi connectivity index (χ4n) is 2.94. The molecule has 0 radical (unpaired) electrons. The van der Waals surface area contributed by atoms with Crippen LogP contribution in [0.2, 0.25) is 0 Å². The number of carbonyl (C=O) groups is 1. The summed E-state index contributed by atoms with van der Waals surface area (Å²) < 4.78 is 0. The predicted molar refractivity (Wildman–Crippen MR) is 122 cm³/mol. The molecule has 4 nitrogen and oxygen atoms in total. The molecule has 0 aromatic heterocycles. The van der Waals surface area contributed by atoms with E-state index in [9.17, 15) is 4.79 Å². The van der Waals surface area contributed by atoms with E-state index in [1.807, 2.05) is 43.3 Å². The number of hydrogen-bond acceptors (Lipinski definition) is 3. The molecule has 0 saturated heterocycles. The van der Waals surface area contributed by atoms with Gasteiger partial charge >= 0.3 is 0 Å². The Morgan fingerprint density at radius 1 is 1.00 bits per heavy atom. The lowest BCUT2D eigenvalue weighted by atomic mass is 9.94. The van der Waals surface area contributed by atoms with Gasteiger partial charge in [0.05, 0.1) is 5.92 Å². The summed E-state index contributed by atoms with van der Waals surface area (Å²) in [6.07, 6.45) is 0.905. The van der Waals surface area contributed by atoms with Gasteiger partial charge in [0.2, 0.25) is 5.91 Å². The van der Waals surface area contributed by atoms with Gasteiger partial charge in [-0.1, -0.05) is 67.6 Å². The van der Waals surface area contributed by atoms with E-state index in [1.165, 1.54) is 5.56 Å². The lowest BCUT2D eigenvalue weighted by Gasteiger charge is -2.25. The Bertz CT molecular complexity index is 670. The summed E-state index contributed by atoms with van der Waals surface area (Å²) in [5.74, 6) is -0.242. The first kappa shape index (κ1) is 26.4. The van der Waals surface area contributed by atoms with Crippen LogP contribution in [0.1, 0.15) is 37.4 Å². The first-order chi connectivity index (χ1) is 12.5. The van der Waals surface area contributed by atoms with Crippen molar-refractivity contribution in [1.29, 1.82) is 0 Å². The molecule has 0 spiro atoms. The van der Waals surface area contributed by atoms with E-state index in [1.54, 1.807) is 0 Å². The molecule has 3 atom stereocenters. The molecule has 0 heterocycles. The van der Waals surface area contributed by atoms with Gasteiger partial charge in [-0.05, 0) is 31.5 Å². The van der Waals surface area contributed by atoms with Crippen LogP contribution < -0.4 is 11.1 Å². The van der Waals surface area contributed by atoms with Crippen LogP contribution in [-0.2, 0) is 11.3 Å². The summed E-state index contributed by atoms with van der Waals surface area (Å²) in [5.41, 5.74) is 8.53. The maximum absolute atomic E-state index is 12.4. The second kappa shape index (κ2) is 13.6. The normalized spacial score (nSPS) is 13.6. The van der Waals surface area contributed by atoms with Crippen molar-refractivity contribution < 1.29 is 4.79 Å². The maximum atomic E-state index is 12.4. The highest BCUT2D eigenvalue weighted by Crippen LogP contribution is 2.19. The average Bonchev–Trinajstić information content (AvgIpc) is 2.68. The van der Waals surface area contributed by atoms with Gasteiger partial charge in [0.1, 0.15) is 0 Å². The Hall–Kier alpha value is -1.59. The van der Waals surface area contributed by atoms with Gasteiger partial charge in [0.15, 0.2) is 0 Å². The average molecular weight is 426 g/mol. The van der Waals surface area contributed by atoms with Gasteiger partial charge in [-0.3, -0.25) is 9.69 Å². The smallest absolute Gasteiger partial charge is 0.224 e. The van der Waals surface area contributed by atoms with Crippen LogP contribution >= 0.6 is 24.8 Å². The number of amides is 1. The monoisotopic (exact) mass is 425 g/mol. The number of hydrogen-bond donors (Lipinski definition) is 2. The molecule has 3 unspecified atom stereocenters. The Morgan fingerprint density at radius 2 is 1.54 bits per heavy atom.